The number of hydrogen-bond donors (Lipinski definition) is 1. The molecule has 13 heteroatoms. The molecule has 0 unspecified atom stereocenters. The highest BCUT2D eigenvalue weighted by Crippen LogP contribution is 2.38. The van der Waals surface area contributed by atoms with Crippen molar-refractivity contribution in [3.63, 3.8) is 0 Å². The van der Waals surface area contributed by atoms with Crippen LogP contribution in [0, 0.1) is 0 Å². The Morgan fingerprint density at radius 3 is 2.41 bits per heavy atom. The second-order valence-corrected chi connectivity index (χ2v) is 11.8. The number of pyridine rings is 1. The van der Waals surface area contributed by atoms with Crippen LogP contribution in [-0.2, 0) is 20.9 Å². The molecule has 0 fully saturated rings. The van der Waals surface area contributed by atoms with Gasteiger partial charge in [-0.1, -0.05) is 12.1 Å². The summed E-state index contributed by atoms with van der Waals surface area (Å²) in [5.74, 6) is 0.219. The number of alkyl halides is 3. The fourth-order valence-electron chi connectivity index (χ4n) is 3.37. The van der Waals surface area contributed by atoms with Crippen molar-refractivity contribution in [3.8, 4) is 5.75 Å². The maximum absolute atomic E-state index is 13.1. The van der Waals surface area contributed by atoms with Gasteiger partial charge in [-0.2, -0.15) is 13.2 Å². The lowest BCUT2D eigenvalue weighted by molar-refractivity contribution is -0.137. The Morgan fingerprint density at radius 1 is 1.08 bits per heavy atom. The number of fused-ring (bicyclic) bond motifs is 1. The minimum atomic E-state index is -4.68. The number of benzene rings is 2. The minimum absolute atomic E-state index is 0.0179. The van der Waals surface area contributed by atoms with Crippen molar-refractivity contribution in [1.29, 1.82) is 0 Å². The van der Waals surface area contributed by atoms with Crippen LogP contribution in [0.25, 0.3) is 0 Å². The Hall–Kier alpha value is -3.45. The summed E-state index contributed by atoms with van der Waals surface area (Å²) in [6.45, 7) is 4.98. The molecule has 0 aliphatic carbocycles. The summed E-state index contributed by atoms with van der Waals surface area (Å²) in [5.41, 5.74) is -1.47. The van der Waals surface area contributed by atoms with Gasteiger partial charge in [0, 0.05) is 11.9 Å². The Morgan fingerprint density at radius 2 is 1.82 bits per heavy atom. The van der Waals surface area contributed by atoms with Crippen molar-refractivity contribution >= 4 is 39.3 Å². The number of carbonyl (C=O) groups excluding carboxylic acids is 1. The van der Waals surface area contributed by atoms with Gasteiger partial charge in [0.25, 0.3) is 10.0 Å². The topological polar surface area (TPSA) is 97.8 Å². The number of sulfonamides is 1. The summed E-state index contributed by atoms with van der Waals surface area (Å²) in [7, 11) is -4.32. The number of aromatic nitrogens is 1. The summed E-state index contributed by atoms with van der Waals surface area (Å²) >= 11 is 1.66. The molecule has 2 aromatic carbocycles. The largest absolute Gasteiger partial charge is 0.489 e. The van der Waals surface area contributed by atoms with Gasteiger partial charge < -0.3 is 9.47 Å². The third-order valence-electron chi connectivity index (χ3n) is 5.02. The van der Waals surface area contributed by atoms with Crippen LogP contribution in [0.4, 0.5) is 29.3 Å². The average Bonchev–Trinajstić information content (AvgIpc) is 2.87. The standard InChI is InChI=1S/C20H21F3N2O5S.C6H7NS/c1-19(2,3)30-18(26)24-14-7-8-17-16(12-14)25(9-10-29-17)31(27,28)15-6-4-5-13(11-15)20(21,22)23;1-8-6-4-2-3-5-7-6/h4-8,11-12H,9-10H2,1-3H3,(H,24,26);2-5H,1H3. The summed E-state index contributed by atoms with van der Waals surface area (Å²) in [6.07, 6.45) is -1.61. The Bertz CT molecular complexity index is 1400. The number of thioether (sulfide) groups is 1. The molecule has 0 atom stereocenters. The van der Waals surface area contributed by atoms with Gasteiger partial charge in [0.05, 0.1) is 27.7 Å². The predicted octanol–water partition coefficient (Wildman–Crippen LogP) is 6.44. The molecule has 1 aliphatic heterocycles. The number of halogens is 3. The van der Waals surface area contributed by atoms with Crippen molar-refractivity contribution < 1.29 is 35.9 Å². The van der Waals surface area contributed by atoms with Gasteiger partial charge >= 0.3 is 12.3 Å². The van der Waals surface area contributed by atoms with Crippen LogP contribution >= 0.6 is 11.8 Å². The van der Waals surface area contributed by atoms with Gasteiger partial charge in [-0.3, -0.25) is 9.62 Å². The first kappa shape index (κ1) is 30.1. The van der Waals surface area contributed by atoms with Crippen molar-refractivity contribution in [1.82, 2.24) is 4.98 Å². The molecule has 3 aromatic rings. The molecule has 0 radical (unpaired) electrons. The van der Waals surface area contributed by atoms with E-state index in [1.54, 1.807) is 38.7 Å². The first-order valence-corrected chi connectivity index (χ1v) is 14.3. The number of nitrogens with zero attached hydrogens (tertiary/aromatic N) is 2. The van der Waals surface area contributed by atoms with E-state index in [0.29, 0.717) is 6.07 Å². The third kappa shape index (κ3) is 8.27. The van der Waals surface area contributed by atoms with Crippen LogP contribution < -0.4 is 14.4 Å². The highest BCUT2D eigenvalue weighted by molar-refractivity contribution is 7.98. The minimum Gasteiger partial charge on any atom is -0.489 e. The van der Waals surface area contributed by atoms with E-state index in [4.69, 9.17) is 9.47 Å². The monoisotopic (exact) mass is 583 g/mol. The zero-order valence-corrected chi connectivity index (χ0v) is 23.3. The van der Waals surface area contributed by atoms with Crippen LogP contribution in [0.15, 0.2) is 76.8 Å². The van der Waals surface area contributed by atoms with Gasteiger partial charge in [-0.05, 0) is 75.6 Å². The Kier molecular flexibility index (Phi) is 9.38. The smallest absolute Gasteiger partial charge is 0.416 e. The van der Waals surface area contributed by atoms with Crippen LogP contribution in [0.5, 0.6) is 5.75 Å². The summed E-state index contributed by atoms with van der Waals surface area (Å²) in [4.78, 5) is 15.6. The van der Waals surface area contributed by atoms with Crippen LogP contribution in [-0.4, -0.2) is 44.5 Å². The Labute approximate surface area is 229 Å². The normalized spacial score (nSPS) is 13.4. The lowest BCUT2D eigenvalue weighted by atomic mass is 10.2. The molecular weight excluding hydrogens is 555 g/mol. The maximum Gasteiger partial charge on any atom is 0.416 e. The number of rotatable bonds is 4. The molecule has 1 aromatic heterocycles. The second kappa shape index (κ2) is 12.2. The van der Waals surface area contributed by atoms with Crippen LogP contribution in [0.3, 0.4) is 0 Å². The van der Waals surface area contributed by atoms with E-state index < -0.39 is 38.4 Å². The molecule has 4 rings (SSSR count). The fraction of sp³-hybridized carbons (Fsp3) is 0.308. The predicted molar refractivity (Wildman–Crippen MR) is 144 cm³/mol. The van der Waals surface area contributed by atoms with Crippen LogP contribution in [0.1, 0.15) is 26.3 Å². The number of hydrogen-bond acceptors (Lipinski definition) is 7. The molecular formula is C26H28F3N3O5S2. The lowest BCUT2D eigenvalue weighted by Gasteiger charge is -2.31. The van der Waals surface area contributed by atoms with E-state index in [2.05, 4.69) is 10.3 Å². The molecule has 39 heavy (non-hydrogen) atoms. The van der Waals surface area contributed by atoms with E-state index in [1.165, 1.54) is 18.2 Å². The highest BCUT2D eigenvalue weighted by atomic mass is 32.2. The zero-order valence-electron chi connectivity index (χ0n) is 21.7. The SMILES string of the molecule is CC(C)(C)OC(=O)Nc1ccc2c(c1)N(S(=O)(=O)c1cccc(C(F)(F)F)c1)CCO2.CSc1ccccn1. The van der Waals surface area contributed by atoms with Crippen LogP contribution in [0.2, 0.25) is 0 Å². The van der Waals surface area contributed by atoms with E-state index in [1.807, 2.05) is 24.5 Å². The molecule has 2 heterocycles. The number of nitrogens with one attached hydrogen (secondary N) is 1. The molecule has 8 nitrogen and oxygen atoms in total. The number of anilines is 2. The van der Waals surface area contributed by atoms with Gasteiger partial charge in [0.1, 0.15) is 18.0 Å². The summed E-state index contributed by atoms with van der Waals surface area (Å²) in [6, 6.07) is 13.8. The molecule has 1 N–H and O–H groups in total. The summed E-state index contributed by atoms with van der Waals surface area (Å²) < 4.78 is 77.0. The second-order valence-electron chi connectivity index (χ2n) is 9.13. The molecule has 210 valence electrons. The zero-order chi connectivity index (χ0) is 28.8. The van der Waals surface area contributed by atoms with Crippen molar-refractivity contribution in [3.05, 3.63) is 72.4 Å². The number of ether oxygens (including phenoxy) is 2. The molecule has 0 saturated carbocycles. The quantitative estimate of drug-likeness (QED) is 0.353. The Balaban J connectivity index is 0.000000449. The van der Waals surface area contributed by atoms with E-state index in [-0.39, 0.29) is 30.3 Å². The van der Waals surface area contributed by atoms with E-state index in [9.17, 15) is 26.4 Å². The number of amides is 1. The lowest BCUT2D eigenvalue weighted by Crippen LogP contribution is -2.38. The molecule has 1 amide bonds. The van der Waals surface area contributed by atoms with E-state index in [0.717, 1.165) is 27.5 Å². The number of carbonyl (C=O) groups is 1. The molecule has 0 bridgehead atoms. The molecule has 0 saturated heterocycles. The maximum atomic E-state index is 13.1. The first-order chi connectivity index (χ1) is 18.2. The van der Waals surface area contributed by atoms with Gasteiger partial charge in [-0.15, -0.1) is 11.8 Å². The highest BCUT2D eigenvalue weighted by Gasteiger charge is 2.35. The molecule has 0 spiro atoms. The van der Waals surface area contributed by atoms with Crippen molar-refractivity contribution in [2.24, 2.45) is 0 Å². The average molecular weight is 584 g/mol. The van der Waals surface area contributed by atoms with Crippen molar-refractivity contribution in [2.45, 2.75) is 42.5 Å². The van der Waals surface area contributed by atoms with E-state index >= 15 is 0 Å². The van der Waals surface area contributed by atoms with Gasteiger partial charge in [0.15, 0.2) is 0 Å². The first-order valence-electron chi connectivity index (χ1n) is 11.6. The molecule has 1 aliphatic rings. The van der Waals surface area contributed by atoms with Gasteiger partial charge in [-0.25, -0.2) is 18.2 Å². The summed E-state index contributed by atoms with van der Waals surface area (Å²) in [5, 5.41) is 3.58. The third-order valence-corrected chi connectivity index (χ3v) is 7.49. The van der Waals surface area contributed by atoms with Crippen molar-refractivity contribution in [2.75, 3.05) is 29.0 Å². The fourth-order valence-corrected chi connectivity index (χ4v) is 5.25. The van der Waals surface area contributed by atoms with Gasteiger partial charge in [0.2, 0.25) is 0 Å².